The Morgan fingerprint density at radius 2 is 1.93 bits per heavy atom. The molecule has 29 heavy (non-hydrogen) atoms. The molecule has 0 unspecified atom stereocenters. The van der Waals surface area contributed by atoms with Crippen LogP contribution in [0.15, 0.2) is 48.5 Å². The van der Waals surface area contributed by atoms with Gasteiger partial charge in [0, 0.05) is 25.3 Å². The zero-order chi connectivity index (χ0) is 20.1. The van der Waals surface area contributed by atoms with Gasteiger partial charge in [-0.1, -0.05) is 30.3 Å². The van der Waals surface area contributed by atoms with Gasteiger partial charge in [0.05, 0.1) is 35.4 Å². The van der Waals surface area contributed by atoms with Gasteiger partial charge in [0.25, 0.3) is 5.91 Å². The van der Waals surface area contributed by atoms with E-state index >= 15 is 0 Å². The number of benzene rings is 2. The SMILES string of the molecule is COc1ccccc1CCNC(=O)C[NH+]1CCC(c2nc3ccccc3s2)CC1. The lowest BCUT2D eigenvalue weighted by Crippen LogP contribution is -3.14. The Morgan fingerprint density at radius 3 is 2.72 bits per heavy atom. The number of likely N-dealkylation sites (tertiary alicyclic amines) is 1. The Balaban J connectivity index is 1.21. The molecule has 0 spiro atoms. The van der Waals surface area contributed by atoms with Gasteiger partial charge in [-0.3, -0.25) is 4.79 Å². The smallest absolute Gasteiger partial charge is 0.275 e. The average molecular weight is 411 g/mol. The quantitative estimate of drug-likeness (QED) is 0.629. The number of thiazole rings is 1. The lowest BCUT2D eigenvalue weighted by Gasteiger charge is -2.27. The molecule has 5 nitrogen and oxygen atoms in total. The first-order chi connectivity index (χ1) is 14.2. The molecule has 1 aromatic heterocycles. The van der Waals surface area contributed by atoms with E-state index in [0.717, 1.165) is 49.2 Å². The number of hydrogen-bond donors (Lipinski definition) is 2. The van der Waals surface area contributed by atoms with E-state index in [1.807, 2.05) is 41.7 Å². The second-order valence-electron chi connectivity index (χ2n) is 7.63. The summed E-state index contributed by atoms with van der Waals surface area (Å²) in [6.45, 7) is 3.25. The second kappa shape index (κ2) is 9.37. The number of amides is 1. The van der Waals surface area contributed by atoms with Gasteiger partial charge < -0.3 is 15.0 Å². The topological polar surface area (TPSA) is 55.7 Å². The van der Waals surface area contributed by atoms with Crippen LogP contribution in [-0.4, -0.2) is 44.2 Å². The van der Waals surface area contributed by atoms with Crippen molar-refractivity contribution in [2.24, 2.45) is 0 Å². The first-order valence-electron chi connectivity index (χ1n) is 10.3. The molecular formula is C23H28N3O2S+. The number of nitrogens with zero attached hydrogens (tertiary/aromatic N) is 1. The average Bonchev–Trinajstić information content (AvgIpc) is 3.19. The molecule has 0 radical (unpaired) electrons. The van der Waals surface area contributed by atoms with E-state index in [1.165, 1.54) is 14.6 Å². The van der Waals surface area contributed by atoms with Crippen molar-refractivity contribution < 1.29 is 14.4 Å². The van der Waals surface area contributed by atoms with Gasteiger partial charge in [-0.05, 0) is 30.2 Å². The van der Waals surface area contributed by atoms with Gasteiger partial charge in [0.15, 0.2) is 6.54 Å². The molecule has 152 valence electrons. The molecule has 3 aromatic rings. The van der Waals surface area contributed by atoms with Gasteiger partial charge in [-0.25, -0.2) is 4.98 Å². The molecule has 0 atom stereocenters. The molecule has 1 fully saturated rings. The van der Waals surface area contributed by atoms with E-state index in [1.54, 1.807) is 7.11 Å². The molecule has 2 heterocycles. The second-order valence-corrected chi connectivity index (χ2v) is 8.69. The van der Waals surface area contributed by atoms with Crippen LogP contribution in [0.5, 0.6) is 5.75 Å². The fourth-order valence-corrected chi connectivity index (χ4v) is 5.19. The number of methoxy groups -OCH3 is 1. The lowest BCUT2D eigenvalue weighted by molar-refractivity contribution is -0.897. The minimum atomic E-state index is 0.133. The number of rotatable bonds is 7. The molecule has 2 N–H and O–H groups in total. The van der Waals surface area contributed by atoms with Crippen molar-refractivity contribution >= 4 is 27.5 Å². The number of quaternary nitrogens is 1. The van der Waals surface area contributed by atoms with Crippen LogP contribution in [0.2, 0.25) is 0 Å². The van der Waals surface area contributed by atoms with Crippen molar-refractivity contribution in [3.63, 3.8) is 0 Å². The molecule has 0 aliphatic carbocycles. The first kappa shape index (κ1) is 19.9. The van der Waals surface area contributed by atoms with Crippen molar-refractivity contribution in [2.45, 2.75) is 25.2 Å². The van der Waals surface area contributed by atoms with E-state index in [-0.39, 0.29) is 5.91 Å². The molecule has 4 rings (SSSR count). The highest BCUT2D eigenvalue weighted by molar-refractivity contribution is 7.18. The lowest BCUT2D eigenvalue weighted by atomic mass is 9.97. The van der Waals surface area contributed by atoms with E-state index < -0.39 is 0 Å². The zero-order valence-electron chi connectivity index (χ0n) is 16.8. The number of aromatic nitrogens is 1. The van der Waals surface area contributed by atoms with Crippen LogP contribution in [0.4, 0.5) is 0 Å². The van der Waals surface area contributed by atoms with E-state index in [2.05, 4.69) is 23.5 Å². The summed E-state index contributed by atoms with van der Waals surface area (Å²) >= 11 is 1.82. The maximum atomic E-state index is 12.4. The normalized spacial score (nSPS) is 19.2. The van der Waals surface area contributed by atoms with Crippen LogP contribution in [0.3, 0.4) is 0 Å². The zero-order valence-corrected chi connectivity index (χ0v) is 17.6. The molecule has 1 amide bonds. The Kier molecular flexibility index (Phi) is 6.42. The third-order valence-electron chi connectivity index (χ3n) is 5.67. The van der Waals surface area contributed by atoms with Crippen molar-refractivity contribution in [3.05, 3.63) is 59.1 Å². The van der Waals surface area contributed by atoms with Crippen LogP contribution < -0.4 is 15.0 Å². The molecule has 0 bridgehead atoms. The summed E-state index contributed by atoms with van der Waals surface area (Å²) in [5.74, 6) is 1.54. The number of carbonyl (C=O) groups excluding carboxylic acids is 1. The van der Waals surface area contributed by atoms with Crippen LogP contribution in [0.1, 0.15) is 29.3 Å². The summed E-state index contributed by atoms with van der Waals surface area (Å²) in [4.78, 5) is 18.5. The molecule has 1 saturated heterocycles. The van der Waals surface area contributed by atoms with E-state index in [4.69, 9.17) is 9.72 Å². The Morgan fingerprint density at radius 1 is 1.17 bits per heavy atom. The molecule has 1 aliphatic heterocycles. The van der Waals surface area contributed by atoms with Gasteiger partial charge >= 0.3 is 0 Å². The summed E-state index contributed by atoms with van der Waals surface area (Å²) in [5.41, 5.74) is 2.23. The number of piperidine rings is 1. The summed E-state index contributed by atoms with van der Waals surface area (Å²) in [6.07, 6.45) is 2.98. The van der Waals surface area contributed by atoms with Crippen LogP contribution in [0, 0.1) is 0 Å². The predicted octanol–water partition coefficient (Wildman–Crippen LogP) is 2.43. The fourth-order valence-electron chi connectivity index (χ4n) is 4.05. The molecular weight excluding hydrogens is 382 g/mol. The number of para-hydroxylation sites is 2. The molecule has 0 saturated carbocycles. The van der Waals surface area contributed by atoms with Gasteiger partial charge in [-0.15, -0.1) is 11.3 Å². The highest BCUT2D eigenvalue weighted by atomic mass is 32.1. The van der Waals surface area contributed by atoms with Crippen molar-refractivity contribution in [1.82, 2.24) is 10.3 Å². The minimum Gasteiger partial charge on any atom is -0.496 e. The van der Waals surface area contributed by atoms with Crippen LogP contribution in [0.25, 0.3) is 10.2 Å². The van der Waals surface area contributed by atoms with E-state index in [9.17, 15) is 4.79 Å². The molecule has 1 aliphatic rings. The Bertz CT molecular complexity index is 930. The monoisotopic (exact) mass is 410 g/mol. The largest absolute Gasteiger partial charge is 0.496 e. The Labute approximate surface area is 175 Å². The molecule has 6 heteroatoms. The third kappa shape index (κ3) is 4.95. The van der Waals surface area contributed by atoms with Crippen LogP contribution >= 0.6 is 11.3 Å². The number of carbonyl (C=O) groups is 1. The number of nitrogens with one attached hydrogen (secondary N) is 2. The maximum Gasteiger partial charge on any atom is 0.275 e. The standard InChI is InChI=1S/C23H27N3O2S/c1-28-20-8-4-2-6-17(20)10-13-24-22(27)16-26-14-11-18(12-15-26)23-25-19-7-3-5-9-21(19)29-23/h2-9,18H,10-16H2,1H3,(H,24,27)/p+1. The van der Waals surface area contributed by atoms with Crippen molar-refractivity contribution in [2.75, 3.05) is 33.3 Å². The summed E-state index contributed by atoms with van der Waals surface area (Å²) in [7, 11) is 1.68. The molecule has 2 aromatic carbocycles. The predicted molar refractivity (Wildman–Crippen MR) is 117 cm³/mol. The van der Waals surface area contributed by atoms with Gasteiger partial charge in [0.2, 0.25) is 0 Å². The third-order valence-corrected chi connectivity index (χ3v) is 6.87. The number of ether oxygens (including phenoxy) is 1. The highest BCUT2D eigenvalue weighted by Gasteiger charge is 2.27. The van der Waals surface area contributed by atoms with Crippen molar-refractivity contribution in [1.29, 1.82) is 0 Å². The summed E-state index contributed by atoms with van der Waals surface area (Å²) < 4.78 is 6.64. The number of hydrogen-bond acceptors (Lipinski definition) is 4. The van der Waals surface area contributed by atoms with Gasteiger partial charge in [0.1, 0.15) is 5.75 Å². The van der Waals surface area contributed by atoms with Crippen LogP contribution in [-0.2, 0) is 11.2 Å². The van der Waals surface area contributed by atoms with Gasteiger partial charge in [-0.2, -0.15) is 0 Å². The minimum absolute atomic E-state index is 0.133. The summed E-state index contributed by atoms with van der Waals surface area (Å²) in [6, 6.07) is 16.3. The number of fused-ring (bicyclic) bond motifs is 1. The maximum absolute atomic E-state index is 12.4. The first-order valence-corrected chi connectivity index (χ1v) is 11.1. The summed E-state index contributed by atoms with van der Waals surface area (Å²) in [5, 5.41) is 4.32. The fraction of sp³-hybridized carbons (Fsp3) is 0.391. The van der Waals surface area contributed by atoms with E-state index in [0.29, 0.717) is 19.0 Å². The highest BCUT2D eigenvalue weighted by Crippen LogP contribution is 2.31. The Hall–Kier alpha value is -2.44. The van der Waals surface area contributed by atoms with Crippen molar-refractivity contribution in [3.8, 4) is 5.75 Å².